The molecule has 1 aliphatic carbocycles. The van der Waals surface area contributed by atoms with Crippen LogP contribution in [0.4, 0.5) is 0 Å². The summed E-state index contributed by atoms with van der Waals surface area (Å²) in [7, 11) is 0. The summed E-state index contributed by atoms with van der Waals surface area (Å²) in [6.45, 7) is 6.27. The molecule has 2 unspecified atom stereocenters. The fraction of sp³-hybridized carbons (Fsp3) is 0.471. The summed E-state index contributed by atoms with van der Waals surface area (Å²) in [6, 6.07) is 7.56. The third-order valence-corrected chi connectivity index (χ3v) is 3.89. The second-order valence-electron chi connectivity index (χ2n) is 5.61. The maximum Gasteiger partial charge on any atom is 0.338 e. The van der Waals surface area contributed by atoms with Gasteiger partial charge < -0.3 is 4.74 Å². The molecule has 0 amide bonds. The van der Waals surface area contributed by atoms with Crippen molar-refractivity contribution in [1.82, 2.24) is 0 Å². The molecule has 2 heteroatoms. The number of allylic oxidation sites excluding steroid dienone is 1. The maximum atomic E-state index is 12.2. The molecule has 0 heterocycles. The lowest BCUT2D eigenvalue weighted by Crippen LogP contribution is -2.37. The van der Waals surface area contributed by atoms with Gasteiger partial charge >= 0.3 is 5.97 Å². The Kier molecular flexibility index (Phi) is 4.08. The first-order valence-electron chi connectivity index (χ1n) is 7.01. The van der Waals surface area contributed by atoms with Crippen molar-refractivity contribution in [2.45, 2.75) is 45.6 Å². The Morgan fingerprint density at radius 1 is 1.37 bits per heavy atom. The van der Waals surface area contributed by atoms with E-state index in [4.69, 9.17) is 4.74 Å². The standard InChI is InChI=1S/C17H22O2/c1-4-17(11-5-6-14(3)12-17)19-16(18)15-9-7-13(2)8-10-15/h5-10,14H,4,11-12H2,1-3H3. The summed E-state index contributed by atoms with van der Waals surface area (Å²) in [4.78, 5) is 12.2. The molecule has 2 rings (SSSR count). The molecule has 102 valence electrons. The van der Waals surface area contributed by atoms with Crippen molar-refractivity contribution in [3.8, 4) is 0 Å². The van der Waals surface area contributed by atoms with Gasteiger partial charge in [0, 0.05) is 6.42 Å². The number of esters is 1. The molecule has 0 bridgehead atoms. The van der Waals surface area contributed by atoms with Gasteiger partial charge in [-0.1, -0.05) is 43.7 Å². The van der Waals surface area contributed by atoms with Crippen molar-refractivity contribution in [1.29, 1.82) is 0 Å². The van der Waals surface area contributed by atoms with E-state index in [0.717, 1.165) is 24.8 Å². The number of carbonyl (C=O) groups excluding carboxylic acids is 1. The zero-order valence-corrected chi connectivity index (χ0v) is 12.0. The predicted octanol–water partition coefficient (Wildman–Crippen LogP) is 4.29. The summed E-state index contributed by atoms with van der Waals surface area (Å²) in [5, 5.41) is 0. The quantitative estimate of drug-likeness (QED) is 0.597. The van der Waals surface area contributed by atoms with Crippen molar-refractivity contribution in [3.63, 3.8) is 0 Å². The van der Waals surface area contributed by atoms with Crippen LogP contribution >= 0.6 is 0 Å². The van der Waals surface area contributed by atoms with E-state index in [-0.39, 0.29) is 11.6 Å². The minimum atomic E-state index is -0.323. The van der Waals surface area contributed by atoms with Crippen LogP contribution in [0.5, 0.6) is 0 Å². The van der Waals surface area contributed by atoms with E-state index in [1.807, 2.05) is 31.2 Å². The van der Waals surface area contributed by atoms with Gasteiger partial charge in [-0.15, -0.1) is 0 Å². The highest BCUT2D eigenvalue weighted by Crippen LogP contribution is 2.34. The van der Waals surface area contributed by atoms with Crippen molar-refractivity contribution < 1.29 is 9.53 Å². The highest BCUT2D eigenvalue weighted by Gasteiger charge is 2.35. The smallest absolute Gasteiger partial charge is 0.338 e. The maximum absolute atomic E-state index is 12.2. The van der Waals surface area contributed by atoms with Gasteiger partial charge in [0.15, 0.2) is 0 Å². The van der Waals surface area contributed by atoms with Gasteiger partial charge in [-0.25, -0.2) is 4.79 Å². The second kappa shape index (κ2) is 5.60. The Hall–Kier alpha value is -1.57. The molecule has 1 aliphatic rings. The number of carbonyl (C=O) groups is 1. The Bertz CT molecular complexity index is 473. The fourth-order valence-electron chi connectivity index (χ4n) is 2.64. The number of hydrogen-bond acceptors (Lipinski definition) is 2. The summed E-state index contributed by atoms with van der Waals surface area (Å²) in [5.41, 5.74) is 1.47. The summed E-state index contributed by atoms with van der Waals surface area (Å²) >= 11 is 0. The summed E-state index contributed by atoms with van der Waals surface area (Å²) in [6.07, 6.45) is 6.94. The van der Waals surface area contributed by atoms with Crippen molar-refractivity contribution in [3.05, 3.63) is 47.5 Å². The molecular formula is C17H22O2. The van der Waals surface area contributed by atoms with Gasteiger partial charge in [0.2, 0.25) is 0 Å². The van der Waals surface area contributed by atoms with E-state index in [1.165, 1.54) is 0 Å². The zero-order chi connectivity index (χ0) is 13.9. The van der Waals surface area contributed by atoms with Crippen molar-refractivity contribution in [2.24, 2.45) is 5.92 Å². The van der Waals surface area contributed by atoms with Gasteiger partial charge in [0.25, 0.3) is 0 Å². The monoisotopic (exact) mass is 258 g/mol. The van der Waals surface area contributed by atoms with Gasteiger partial charge in [-0.3, -0.25) is 0 Å². The minimum Gasteiger partial charge on any atom is -0.455 e. The van der Waals surface area contributed by atoms with E-state index in [2.05, 4.69) is 26.0 Å². The second-order valence-corrected chi connectivity index (χ2v) is 5.61. The Morgan fingerprint density at radius 2 is 2.05 bits per heavy atom. The Morgan fingerprint density at radius 3 is 2.63 bits per heavy atom. The highest BCUT2D eigenvalue weighted by atomic mass is 16.6. The normalized spacial score (nSPS) is 26.2. The third kappa shape index (κ3) is 3.25. The highest BCUT2D eigenvalue weighted by molar-refractivity contribution is 5.89. The van der Waals surface area contributed by atoms with Crippen molar-refractivity contribution >= 4 is 5.97 Å². The number of ether oxygens (including phenoxy) is 1. The average molecular weight is 258 g/mol. The van der Waals surface area contributed by atoms with Crippen LogP contribution in [0.2, 0.25) is 0 Å². The molecule has 2 atom stereocenters. The lowest BCUT2D eigenvalue weighted by atomic mass is 9.81. The topological polar surface area (TPSA) is 26.3 Å². The molecule has 0 radical (unpaired) electrons. The molecular weight excluding hydrogens is 236 g/mol. The molecule has 0 saturated carbocycles. The predicted molar refractivity (Wildman–Crippen MR) is 77.2 cm³/mol. The summed E-state index contributed by atoms with van der Waals surface area (Å²) < 4.78 is 5.83. The van der Waals surface area contributed by atoms with Crippen LogP contribution in [0.15, 0.2) is 36.4 Å². The molecule has 0 aliphatic heterocycles. The summed E-state index contributed by atoms with van der Waals surface area (Å²) in [5.74, 6) is 0.267. The van der Waals surface area contributed by atoms with Gasteiger partial charge in [0.05, 0.1) is 5.56 Å². The van der Waals surface area contributed by atoms with Crippen LogP contribution in [-0.2, 0) is 4.74 Å². The molecule has 1 aromatic carbocycles. The number of hydrogen-bond donors (Lipinski definition) is 0. The average Bonchev–Trinajstić information content (AvgIpc) is 2.39. The largest absolute Gasteiger partial charge is 0.455 e. The number of aryl methyl sites for hydroxylation is 1. The minimum absolute atomic E-state index is 0.204. The Balaban J connectivity index is 2.12. The Labute approximate surface area is 115 Å². The first-order chi connectivity index (χ1) is 9.04. The molecule has 0 aromatic heterocycles. The lowest BCUT2D eigenvalue weighted by molar-refractivity contribution is -0.0307. The first-order valence-corrected chi connectivity index (χ1v) is 7.01. The molecule has 0 fully saturated rings. The molecule has 0 saturated heterocycles. The van der Waals surface area contributed by atoms with E-state index in [9.17, 15) is 4.79 Å². The van der Waals surface area contributed by atoms with Crippen LogP contribution < -0.4 is 0 Å². The number of rotatable bonds is 3. The van der Waals surface area contributed by atoms with E-state index < -0.39 is 0 Å². The van der Waals surface area contributed by atoms with Crippen LogP contribution in [0.25, 0.3) is 0 Å². The SMILES string of the molecule is CCC1(OC(=O)c2ccc(C)cc2)CC=CC(C)C1. The molecule has 19 heavy (non-hydrogen) atoms. The van der Waals surface area contributed by atoms with Crippen LogP contribution in [0, 0.1) is 12.8 Å². The molecule has 1 aromatic rings. The number of benzene rings is 1. The van der Waals surface area contributed by atoms with E-state index >= 15 is 0 Å². The fourth-order valence-corrected chi connectivity index (χ4v) is 2.64. The van der Waals surface area contributed by atoms with Gasteiger partial charge in [-0.05, 0) is 37.8 Å². The van der Waals surface area contributed by atoms with Crippen LogP contribution in [0.3, 0.4) is 0 Å². The van der Waals surface area contributed by atoms with Crippen LogP contribution in [0.1, 0.15) is 49.0 Å². The van der Waals surface area contributed by atoms with Crippen LogP contribution in [-0.4, -0.2) is 11.6 Å². The van der Waals surface area contributed by atoms with E-state index in [0.29, 0.717) is 11.5 Å². The third-order valence-electron chi connectivity index (χ3n) is 3.89. The van der Waals surface area contributed by atoms with E-state index in [1.54, 1.807) is 0 Å². The van der Waals surface area contributed by atoms with Gasteiger partial charge in [-0.2, -0.15) is 0 Å². The van der Waals surface area contributed by atoms with Gasteiger partial charge in [0.1, 0.15) is 5.60 Å². The first kappa shape index (κ1) is 13.9. The zero-order valence-electron chi connectivity index (χ0n) is 12.0. The lowest BCUT2D eigenvalue weighted by Gasteiger charge is -2.36. The molecule has 2 nitrogen and oxygen atoms in total. The van der Waals surface area contributed by atoms with Crippen molar-refractivity contribution in [2.75, 3.05) is 0 Å². The molecule has 0 spiro atoms. The molecule has 0 N–H and O–H groups in total.